The zero-order valence-corrected chi connectivity index (χ0v) is 15.8. The molecule has 0 bridgehead atoms. The highest BCUT2D eigenvalue weighted by Crippen LogP contribution is 2.29. The van der Waals surface area contributed by atoms with Gasteiger partial charge in [0.15, 0.2) is 0 Å². The van der Waals surface area contributed by atoms with Gasteiger partial charge in [-0.2, -0.15) is 0 Å². The van der Waals surface area contributed by atoms with Crippen LogP contribution >= 0.6 is 54.5 Å². The fraction of sp³-hybridized carbons (Fsp3) is 0.0714. The number of benzene rings is 2. The van der Waals surface area contributed by atoms with Crippen molar-refractivity contribution in [2.24, 2.45) is 0 Å². The first-order valence-corrected chi connectivity index (χ1v) is 8.37. The van der Waals surface area contributed by atoms with Gasteiger partial charge in [-0.3, -0.25) is 4.79 Å². The molecule has 0 fully saturated rings. The molecule has 3 N–H and O–H groups in total. The molecule has 3 nitrogen and oxygen atoms in total. The molecule has 0 aliphatic rings. The van der Waals surface area contributed by atoms with Crippen molar-refractivity contribution in [2.75, 3.05) is 11.1 Å². The number of nitrogen functional groups attached to an aromatic ring is 1. The van der Waals surface area contributed by atoms with Crippen molar-refractivity contribution in [1.82, 2.24) is 0 Å². The second-order valence-corrected chi connectivity index (χ2v) is 7.22. The van der Waals surface area contributed by atoms with Gasteiger partial charge in [-0.25, -0.2) is 0 Å². The molecule has 0 aliphatic heterocycles. The molecule has 2 aromatic rings. The summed E-state index contributed by atoms with van der Waals surface area (Å²) in [7, 11) is 0. The maximum atomic E-state index is 12.3. The predicted octanol–water partition coefficient (Wildman–Crippen LogP) is 4.96. The molecule has 0 unspecified atom stereocenters. The van der Waals surface area contributed by atoms with Crippen LogP contribution in [0.1, 0.15) is 15.9 Å². The number of carbonyl (C=O) groups is 1. The first-order valence-electron chi connectivity index (χ1n) is 5.70. The lowest BCUT2D eigenvalue weighted by Crippen LogP contribution is -2.13. The first-order chi connectivity index (χ1) is 9.38. The molecule has 6 heteroatoms. The molecular weight excluding hydrogens is 499 g/mol. The Morgan fingerprint density at radius 2 is 1.90 bits per heavy atom. The summed E-state index contributed by atoms with van der Waals surface area (Å²) in [5, 5.41) is 2.86. The second-order valence-electron chi connectivity index (χ2n) is 4.27. The summed E-state index contributed by atoms with van der Waals surface area (Å²) < 4.78 is 2.56. The van der Waals surface area contributed by atoms with Gasteiger partial charge in [-0.1, -0.05) is 0 Å². The van der Waals surface area contributed by atoms with E-state index in [0.717, 1.165) is 18.1 Å². The molecule has 0 heterocycles. The van der Waals surface area contributed by atoms with E-state index in [-0.39, 0.29) is 5.91 Å². The van der Waals surface area contributed by atoms with Crippen LogP contribution in [0.25, 0.3) is 0 Å². The van der Waals surface area contributed by atoms with Crippen LogP contribution in [-0.2, 0) is 0 Å². The summed E-state index contributed by atoms with van der Waals surface area (Å²) in [6, 6.07) is 9.25. The van der Waals surface area contributed by atoms with Crippen LogP contribution in [0.15, 0.2) is 39.3 Å². The maximum Gasteiger partial charge on any atom is 0.256 e. The number of hydrogen-bond donors (Lipinski definition) is 2. The molecule has 0 aromatic heterocycles. The van der Waals surface area contributed by atoms with Gasteiger partial charge in [0.1, 0.15) is 0 Å². The Morgan fingerprint density at radius 3 is 2.60 bits per heavy atom. The van der Waals surface area contributed by atoms with Crippen LogP contribution in [0.3, 0.4) is 0 Å². The zero-order valence-electron chi connectivity index (χ0n) is 10.5. The molecular formula is C14H11Br2IN2O. The highest BCUT2D eigenvalue weighted by molar-refractivity contribution is 14.1. The molecule has 20 heavy (non-hydrogen) atoms. The third kappa shape index (κ3) is 3.53. The van der Waals surface area contributed by atoms with Crippen molar-refractivity contribution in [3.8, 4) is 0 Å². The normalized spacial score (nSPS) is 10.4. The van der Waals surface area contributed by atoms with Crippen molar-refractivity contribution >= 4 is 71.7 Å². The highest BCUT2D eigenvalue weighted by Gasteiger charge is 2.13. The smallest absolute Gasteiger partial charge is 0.256 e. The molecule has 0 atom stereocenters. The number of aryl methyl sites for hydroxylation is 1. The molecule has 0 saturated carbocycles. The van der Waals surface area contributed by atoms with Gasteiger partial charge in [0.25, 0.3) is 5.91 Å². The molecule has 0 radical (unpaired) electrons. The predicted molar refractivity (Wildman–Crippen MR) is 98.1 cm³/mol. The summed E-state index contributed by atoms with van der Waals surface area (Å²) >= 11 is 8.99. The van der Waals surface area contributed by atoms with Crippen molar-refractivity contribution in [1.29, 1.82) is 0 Å². The van der Waals surface area contributed by atoms with Gasteiger partial charge in [0.05, 0.1) is 11.3 Å². The van der Waals surface area contributed by atoms with E-state index in [1.54, 1.807) is 6.07 Å². The van der Waals surface area contributed by atoms with E-state index in [9.17, 15) is 4.79 Å². The van der Waals surface area contributed by atoms with Gasteiger partial charge in [-0.15, -0.1) is 0 Å². The number of carbonyl (C=O) groups excluding carboxylic acids is 1. The van der Waals surface area contributed by atoms with Crippen LogP contribution in [0.2, 0.25) is 0 Å². The average Bonchev–Trinajstić information content (AvgIpc) is 2.38. The van der Waals surface area contributed by atoms with Crippen molar-refractivity contribution in [2.45, 2.75) is 6.92 Å². The Kier molecular flexibility index (Phi) is 5.09. The highest BCUT2D eigenvalue weighted by atomic mass is 127. The average molecular weight is 510 g/mol. The number of anilines is 2. The number of hydrogen-bond acceptors (Lipinski definition) is 2. The fourth-order valence-corrected chi connectivity index (χ4v) is 3.12. The van der Waals surface area contributed by atoms with Gasteiger partial charge in [-0.05, 0) is 97.3 Å². The van der Waals surface area contributed by atoms with E-state index in [2.05, 4.69) is 59.8 Å². The van der Waals surface area contributed by atoms with Crippen molar-refractivity contribution < 1.29 is 4.79 Å². The van der Waals surface area contributed by atoms with Crippen LogP contribution in [0.4, 0.5) is 11.4 Å². The number of halogens is 3. The minimum atomic E-state index is -0.181. The molecule has 0 spiro atoms. The van der Waals surface area contributed by atoms with E-state index in [0.29, 0.717) is 16.9 Å². The molecule has 2 rings (SSSR count). The summed E-state index contributed by atoms with van der Waals surface area (Å²) in [4.78, 5) is 12.3. The third-order valence-corrected chi connectivity index (χ3v) is 4.80. The van der Waals surface area contributed by atoms with E-state index in [4.69, 9.17) is 5.73 Å². The van der Waals surface area contributed by atoms with Gasteiger partial charge >= 0.3 is 0 Å². The van der Waals surface area contributed by atoms with Gasteiger partial charge < -0.3 is 11.1 Å². The van der Waals surface area contributed by atoms with E-state index in [1.807, 2.05) is 31.2 Å². The van der Waals surface area contributed by atoms with Crippen LogP contribution in [0.5, 0.6) is 0 Å². The molecule has 0 saturated heterocycles. The molecule has 2 aromatic carbocycles. The largest absolute Gasteiger partial charge is 0.398 e. The molecule has 0 aliphatic carbocycles. The standard InChI is InChI=1S/C14H11Br2IN2O/c1-7-4-11(16)13(6-12(7)18)19-14(20)9-5-8(17)2-3-10(9)15/h2-6H,18H2,1H3,(H,19,20). The van der Waals surface area contributed by atoms with Gasteiger partial charge in [0, 0.05) is 18.2 Å². The zero-order chi connectivity index (χ0) is 14.9. The SMILES string of the molecule is Cc1cc(Br)c(NC(=O)c2cc(I)ccc2Br)cc1N. The molecule has 104 valence electrons. The van der Waals surface area contributed by atoms with E-state index >= 15 is 0 Å². The quantitative estimate of drug-likeness (QED) is 0.444. The number of nitrogens with two attached hydrogens (primary N) is 1. The van der Waals surface area contributed by atoms with Crippen molar-refractivity contribution in [3.05, 3.63) is 54.0 Å². The monoisotopic (exact) mass is 508 g/mol. The second kappa shape index (κ2) is 6.44. The maximum absolute atomic E-state index is 12.3. The van der Waals surface area contributed by atoms with Crippen LogP contribution in [0, 0.1) is 10.5 Å². The summed E-state index contributed by atoms with van der Waals surface area (Å²) in [6.07, 6.45) is 0. The Hall–Kier alpha value is -0.600. The van der Waals surface area contributed by atoms with E-state index in [1.165, 1.54) is 0 Å². The lowest BCUT2D eigenvalue weighted by molar-refractivity contribution is 0.102. The number of nitrogens with one attached hydrogen (secondary N) is 1. The Balaban J connectivity index is 2.32. The molecule has 1 amide bonds. The Morgan fingerprint density at radius 1 is 1.20 bits per heavy atom. The Bertz CT molecular complexity index is 689. The topological polar surface area (TPSA) is 55.1 Å². The van der Waals surface area contributed by atoms with Crippen molar-refractivity contribution in [3.63, 3.8) is 0 Å². The van der Waals surface area contributed by atoms with Crippen LogP contribution < -0.4 is 11.1 Å². The number of rotatable bonds is 2. The lowest BCUT2D eigenvalue weighted by Gasteiger charge is -2.11. The summed E-state index contributed by atoms with van der Waals surface area (Å²) in [5.74, 6) is -0.181. The minimum Gasteiger partial charge on any atom is -0.398 e. The summed E-state index contributed by atoms with van der Waals surface area (Å²) in [6.45, 7) is 1.92. The van der Waals surface area contributed by atoms with Crippen LogP contribution in [-0.4, -0.2) is 5.91 Å². The van der Waals surface area contributed by atoms with Gasteiger partial charge in [0.2, 0.25) is 0 Å². The van der Waals surface area contributed by atoms with E-state index < -0.39 is 0 Å². The first kappa shape index (κ1) is 15.8. The minimum absolute atomic E-state index is 0.181. The lowest BCUT2D eigenvalue weighted by atomic mass is 10.1. The Labute approximate surface area is 147 Å². The number of amides is 1. The fourth-order valence-electron chi connectivity index (χ4n) is 1.65. The third-order valence-electron chi connectivity index (χ3n) is 2.78. The summed E-state index contributed by atoms with van der Waals surface area (Å²) in [5.41, 5.74) is 8.72.